The van der Waals surface area contributed by atoms with Crippen molar-refractivity contribution in [3.63, 3.8) is 0 Å². The number of carbonyl (C=O) groups is 1. The van der Waals surface area contributed by atoms with E-state index in [2.05, 4.69) is 10.3 Å². The third-order valence-corrected chi connectivity index (χ3v) is 5.66. The van der Waals surface area contributed by atoms with Gasteiger partial charge in [-0.05, 0) is 36.6 Å². The molecular formula is C22H25ClN2O5. The van der Waals surface area contributed by atoms with E-state index >= 15 is 0 Å². The molecule has 2 fully saturated rings. The molecule has 8 heteroatoms. The molecule has 1 amide bonds. The highest BCUT2D eigenvalue weighted by atomic mass is 35.5. The van der Waals surface area contributed by atoms with Crippen molar-refractivity contribution in [1.82, 2.24) is 10.3 Å². The normalized spacial score (nSPS) is 23.9. The fourth-order valence-corrected chi connectivity index (χ4v) is 3.83. The van der Waals surface area contributed by atoms with Gasteiger partial charge in [0.25, 0.3) is 5.91 Å². The molecule has 0 radical (unpaired) electrons. The fraction of sp³-hybridized carbons (Fsp3) is 0.455. The highest BCUT2D eigenvalue weighted by Crippen LogP contribution is 2.30. The zero-order valence-electron chi connectivity index (χ0n) is 16.6. The number of halogens is 1. The number of benzene rings is 1. The van der Waals surface area contributed by atoms with Crippen LogP contribution in [0.2, 0.25) is 5.02 Å². The van der Waals surface area contributed by atoms with Crippen LogP contribution in [0.15, 0.2) is 36.5 Å². The maximum absolute atomic E-state index is 12.8. The number of aliphatic hydroxyl groups is 1. The molecule has 1 aliphatic heterocycles. The summed E-state index contributed by atoms with van der Waals surface area (Å²) in [6.45, 7) is 1.03. The van der Waals surface area contributed by atoms with Gasteiger partial charge in [-0.2, -0.15) is 0 Å². The quantitative estimate of drug-likeness (QED) is 0.728. The number of amides is 1. The molecule has 2 N–H and O–H groups in total. The number of hydrogen-bond donors (Lipinski definition) is 2. The first-order valence-electron chi connectivity index (χ1n) is 10.2. The van der Waals surface area contributed by atoms with E-state index in [-0.39, 0.29) is 24.8 Å². The molecule has 1 unspecified atom stereocenters. The van der Waals surface area contributed by atoms with Gasteiger partial charge in [0.1, 0.15) is 19.5 Å². The number of rotatable bonds is 6. The summed E-state index contributed by atoms with van der Waals surface area (Å²) in [5.74, 6) is 0.143. The molecule has 1 aromatic heterocycles. The van der Waals surface area contributed by atoms with Crippen LogP contribution in [0.5, 0.6) is 5.88 Å². The van der Waals surface area contributed by atoms with Crippen LogP contribution in [0, 0.1) is 0 Å². The molecule has 2 aromatic rings. The van der Waals surface area contributed by atoms with Gasteiger partial charge in [-0.25, -0.2) is 4.98 Å². The van der Waals surface area contributed by atoms with Gasteiger partial charge in [0.2, 0.25) is 5.88 Å². The average molecular weight is 433 g/mol. The first-order chi connectivity index (χ1) is 14.6. The van der Waals surface area contributed by atoms with Crippen LogP contribution < -0.4 is 10.1 Å². The minimum absolute atomic E-state index is 0.152. The van der Waals surface area contributed by atoms with Crippen LogP contribution >= 0.6 is 11.6 Å². The molecule has 7 nitrogen and oxygen atoms in total. The molecule has 30 heavy (non-hydrogen) atoms. The summed E-state index contributed by atoms with van der Waals surface area (Å²) >= 11 is 6.02. The number of pyridine rings is 1. The van der Waals surface area contributed by atoms with Gasteiger partial charge >= 0.3 is 0 Å². The Kier molecular flexibility index (Phi) is 6.84. The second kappa shape index (κ2) is 9.75. The lowest BCUT2D eigenvalue weighted by atomic mass is 9.92. The van der Waals surface area contributed by atoms with Crippen LogP contribution in [-0.4, -0.2) is 54.3 Å². The van der Waals surface area contributed by atoms with Gasteiger partial charge in [-0.3, -0.25) is 4.79 Å². The van der Waals surface area contributed by atoms with Crippen LogP contribution in [0.1, 0.15) is 36.0 Å². The number of nitrogens with one attached hydrogen (secondary N) is 1. The summed E-state index contributed by atoms with van der Waals surface area (Å²) in [5, 5.41) is 13.7. The molecule has 2 aliphatic rings. The SMILES string of the molecule is O=C(N[C@@H]1CCCC[C@H]1O)c1cnc(OCC2COCO2)c(-c2ccc(Cl)cc2)c1. The average Bonchev–Trinajstić information content (AvgIpc) is 3.28. The third-order valence-electron chi connectivity index (χ3n) is 5.41. The highest BCUT2D eigenvalue weighted by Gasteiger charge is 2.25. The van der Waals surface area contributed by atoms with Gasteiger partial charge in [0, 0.05) is 16.8 Å². The van der Waals surface area contributed by atoms with Gasteiger partial charge in [0.05, 0.1) is 24.3 Å². The minimum Gasteiger partial charge on any atom is -0.474 e. The third kappa shape index (κ3) is 5.10. The van der Waals surface area contributed by atoms with Gasteiger partial charge in [0.15, 0.2) is 0 Å². The van der Waals surface area contributed by atoms with Gasteiger partial charge in [-0.15, -0.1) is 0 Å². The van der Waals surface area contributed by atoms with E-state index in [4.69, 9.17) is 25.8 Å². The number of carbonyl (C=O) groups excluding carboxylic acids is 1. The monoisotopic (exact) mass is 432 g/mol. The van der Waals surface area contributed by atoms with Crippen molar-refractivity contribution in [2.75, 3.05) is 20.0 Å². The number of aliphatic hydroxyl groups excluding tert-OH is 1. The summed E-state index contributed by atoms with van der Waals surface area (Å²) in [4.78, 5) is 17.2. The Morgan fingerprint density at radius 1 is 1.27 bits per heavy atom. The zero-order chi connectivity index (χ0) is 20.9. The van der Waals surface area contributed by atoms with E-state index in [1.807, 2.05) is 12.1 Å². The Morgan fingerprint density at radius 2 is 2.07 bits per heavy atom. The number of aromatic nitrogens is 1. The zero-order valence-corrected chi connectivity index (χ0v) is 17.3. The minimum atomic E-state index is -0.511. The van der Waals surface area contributed by atoms with E-state index < -0.39 is 6.10 Å². The van der Waals surface area contributed by atoms with Gasteiger partial charge < -0.3 is 24.6 Å². The van der Waals surface area contributed by atoms with E-state index in [9.17, 15) is 9.90 Å². The van der Waals surface area contributed by atoms with Crippen molar-refractivity contribution >= 4 is 17.5 Å². The summed E-state index contributed by atoms with van der Waals surface area (Å²) in [5.41, 5.74) is 1.92. The highest BCUT2D eigenvalue weighted by molar-refractivity contribution is 6.30. The van der Waals surface area contributed by atoms with Crippen molar-refractivity contribution in [2.24, 2.45) is 0 Å². The lowest BCUT2D eigenvalue weighted by Crippen LogP contribution is -2.45. The van der Waals surface area contributed by atoms with E-state index in [1.165, 1.54) is 6.20 Å². The largest absolute Gasteiger partial charge is 0.474 e. The van der Waals surface area contributed by atoms with Crippen molar-refractivity contribution < 1.29 is 24.1 Å². The molecule has 1 saturated heterocycles. The predicted octanol–water partition coefficient (Wildman–Crippen LogP) is 3.19. The molecule has 4 rings (SSSR count). The lowest BCUT2D eigenvalue weighted by Gasteiger charge is -2.28. The van der Waals surface area contributed by atoms with Crippen LogP contribution in [-0.2, 0) is 9.47 Å². The van der Waals surface area contributed by atoms with Crippen molar-refractivity contribution in [3.05, 3.63) is 47.1 Å². The van der Waals surface area contributed by atoms with Crippen LogP contribution in [0.25, 0.3) is 11.1 Å². The Labute approximate surface area is 180 Å². The van der Waals surface area contributed by atoms with E-state index in [0.717, 1.165) is 24.8 Å². The standard InChI is InChI=1S/C22H25ClN2O5/c23-16-7-5-14(6-8-16)18-9-15(21(27)25-19-3-1-2-4-20(19)26)10-24-22(18)29-12-17-11-28-13-30-17/h5-10,17,19-20,26H,1-4,11-13H2,(H,25,27)/t17?,19-,20-/m1/s1. The van der Waals surface area contributed by atoms with Crippen LogP contribution in [0.3, 0.4) is 0 Å². The maximum atomic E-state index is 12.8. The Morgan fingerprint density at radius 3 is 2.80 bits per heavy atom. The predicted molar refractivity (Wildman–Crippen MR) is 112 cm³/mol. The molecule has 2 heterocycles. The van der Waals surface area contributed by atoms with Crippen molar-refractivity contribution in [2.45, 2.75) is 43.9 Å². The Bertz CT molecular complexity index is 870. The summed E-state index contributed by atoms with van der Waals surface area (Å²) in [6.07, 6.45) is 4.29. The molecule has 1 aromatic carbocycles. The molecule has 0 spiro atoms. The summed E-state index contributed by atoms with van der Waals surface area (Å²) < 4.78 is 16.5. The first kappa shape index (κ1) is 21.1. The molecule has 3 atom stereocenters. The number of nitrogens with zero attached hydrogens (tertiary/aromatic N) is 1. The first-order valence-corrected chi connectivity index (χ1v) is 10.5. The smallest absolute Gasteiger partial charge is 0.253 e. The summed E-state index contributed by atoms with van der Waals surface area (Å²) in [7, 11) is 0. The second-order valence-corrected chi connectivity index (χ2v) is 8.04. The maximum Gasteiger partial charge on any atom is 0.253 e. The van der Waals surface area contributed by atoms with E-state index in [1.54, 1.807) is 18.2 Å². The lowest BCUT2D eigenvalue weighted by molar-refractivity contribution is 0.0315. The molecule has 0 bridgehead atoms. The molecule has 1 aliphatic carbocycles. The van der Waals surface area contributed by atoms with E-state index in [0.29, 0.717) is 41.7 Å². The topological polar surface area (TPSA) is 89.9 Å². The molecular weight excluding hydrogens is 408 g/mol. The van der Waals surface area contributed by atoms with Crippen molar-refractivity contribution in [1.29, 1.82) is 0 Å². The Balaban J connectivity index is 1.56. The number of ether oxygens (including phenoxy) is 3. The molecule has 1 saturated carbocycles. The van der Waals surface area contributed by atoms with Gasteiger partial charge in [-0.1, -0.05) is 36.6 Å². The fourth-order valence-electron chi connectivity index (χ4n) is 3.70. The second-order valence-electron chi connectivity index (χ2n) is 7.60. The summed E-state index contributed by atoms with van der Waals surface area (Å²) in [6, 6.07) is 8.78. The molecule has 160 valence electrons. The van der Waals surface area contributed by atoms with Crippen molar-refractivity contribution in [3.8, 4) is 17.0 Å². The Hall–Kier alpha value is -2.19. The van der Waals surface area contributed by atoms with Crippen LogP contribution in [0.4, 0.5) is 0 Å². The number of hydrogen-bond acceptors (Lipinski definition) is 6.